The van der Waals surface area contributed by atoms with E-state index in [1.807, 2.05) is 13.8 Å². The molecule has 0 aromatic rings. The maximum absolute atomic E-state index is 12.3. The molecule has 0 atom stereocenters. The van der Waals surface area contributed by atoms with E-state index >= 15 is 0 Å². The number of halogens is 3. The Balaban J connectivity index is 4.89. The Bertz CT molecular complexity index is 248. The van der Waals surface area contributed by atoms with Crippen LogP contribution in [0.1, 0.15) is 46.5 Å². The predicted molar refractivity (Wildman–Crippen MR) is 63.2 cm³/mol. The van der Waals surface area contributed by atoms with Gasteiger partial charge in [-0.25, -0.2) is 0 Å². The third-order valence-electron chi connectivity index (χ3n) is 2.65. The summed E-state index contributed by atoms with van der Waals surface area (Å²) in [6.07, 6.45) is -2.42. The van der Waals surface area contributed by atoms with Crippen LogP contribution in [0.4, 0.5) is 13.2 Å². The lowest BCUT2D eigenvalue weighted by atomic mass is 9.88. The minimum absolute atomic E-state index is 0.168. The summed E-state index contributed by atoms with van der Waals surface area (Å²) in [4.78, 5) is 11.9. The van der Waals surface area contributed by atoms with Gasteiger partial charge in [-0.2, -0.15) is 13.2 Å². The second kappa shape index (κ2) is 7.61. The minimum Gasteiger partial charge on any atom is -0.465 e. The first-order valence-corrected chi connectivity index (χ1v) is 6.30. The summed E-state index contributed by atoms with van der Waals surface area (Å²) in [6, 6.07) is 0. The average Bonchev–Trinajstić information content (AvgIpc) is 2.26. The van der Waals surface area contributed by atoms with E-state index in [1.54, 1.807) is 6.92 Å². The quantitative estimate of drug-likeness (QED) is 0.688. The maximum atomic E-state index is 12.3. The fourth-order valence-electron chi connectivity index (χ4n) is 1.97. The smallest absolute Gasteiger partial charge is 0.401 e. The number of hydrogen-bond donors (Lipinski definition) is 1. The van der Waals surface area contributed by atoms with E-state index in [0.717, 1.165) is 0 Å². The molecule has 0 bridgehead atoms. The predicted octanol–water partition coefficient (Wildman–Crippen LogP) is 3.04. The standard InChI is InChI=1S/C12H22F3NO2/c1-4-7-11(8-5-2,10(17)18-6-3)16-9-12(13,14)15/h16H,4-9H2,1-3H3. The fraction of sp³-hybridized carbons (Fsp3) is 0.917. The monoisotopic (exact) mass is 269 g/mol. The molecule has 0 saturated carbocycles. The van der Waals surface area contributed by atoms with Crippen molar-refractivity contribution in [3.05, 3.63) is 0 Å². The molecule has 0 aliphatic rings. The summed E-state index contributed by atoms with van der Waals surface area (Å²) in [6.45, 7) is 4.30. The zero-order chi connectivity index (χ0) is 14.2. The maximum Gasteiger partial charge on any atom is 0.401 e. The molecule has 0 amide bonds. The first-order chi connectivity index (χ1) is 8.31. The Morgan fingerprint density at radius 1 is 1.11 bits per heavy atom. The van der Waals surface area contributed by atoms with Gasteiger partial charge >= 0.3 is 12.1 Å². The Kier molecular flexibility index (Phi) is 7.28. The van der Waals surface area contributed by atoms with Gasteiger partial charge in [0.25, 0.3) is 0 Å². The highest BCUT2D eigenvalue weighted by Crippen LogP contribution is 2.24. The van der Waals surface area contributed by atoms with Crippen molar-refractivity contribution in [2.45, 2.75) is 58.2 Å². The lowest BCUT2D eigenvalue weighted by molar-refractivity contribution is -0.156. The van der Waals surface area contributed by atoms with Crippen LogP contribution in [0.3, 0.4) is 0 Å². The summed E-state index contributed by atoms with van der Waals surface area (Å²) in [5.41, 5.74) is -1.21. The summed E-state index contributed by atoms with van der Waals surface area (Å²) < 4.78 is 41.8. The zero-order valence-corrected chi connectivity index (χ0v) is 11.2. The summed E-state index contributed by atoms with van der Waals surface area (Å²) >= 11 is 0. The molecule has 1 N–H and O–H groups in total. The SMILES string of the molecule is CCCC(CCC)(NCC(F)(F)F)C(=O)OCC. The van der Waals surface area contributed by atoms with E-state index in [-0.39, 0.29) is 6.61 Å². The number of rotatable bonds is 8. The van der Waals surface area contributed by atoms with Crippen molar-refractivity contribution in [2.75, 3.05) is 13.2 Å². The summed E-state index contributed by atoms with van der Waals surface area (Å²) in [7, 11) is 0. The van der Waals surface area contributed by atoms with Crippen LogP contribution in [0.5, 0.6) is 0 Å². The van der Waals surface area contributed by atoms with Crippen LogP contribution in [0.25, 0.3) is 0 Å². The number of hydrogen-bond acceptors (Lipinski definition) is 3. The Labute approximate surface area is 106 Å². The number of carbonyl (C=O) groups excluding carboxylic acids is 1. The molecule has 0 fully saturated rings. The van der Waals surface area contributed by atoms with Gasteiger partial charge in [0.1, 0.15) is 5.54 Å². The molecule has 3 nitrogen and oxygen atoms in total. The molecule has 0 saturated heterocycles. The number of nitrogens with one attached hydrogen (secondary N) is 1. The van der Waals surface area contributed by atoms with Gasteiger partial charge in [0.05, 0.1) is 13.2 Å². The van der Waals surface area contributed by atoms with Gasteiger partial charge in [0.2, 0.25) is 0 Å². The van der Waals surface area contributed by atoms with E-state index in [1.165, 1.54) is 0 Å². The molecule has 0 aliphatic heterocycles. The van der Waals surface area contributed by atoms with E-state index in [2.05, 4.69) is 5.32 Å². The molecule has 0 rings (SSSR count). The first kappa shape index (κ1) is 17.2. The molecular formula is C12H22F3NO2. The number of ether oxygens (including phenoxy) is 1. The number of carbonyl (C=O) groups is 1. The van der Waals surface area contributed by atoms with Gasteiger partial charge < -0.3 is 4.74 Å². The number of esters is 1. The average molecular weight is 269 g/mol. The molecule has 0 heterocycles. The minimum atomic E-state index is -4.33. The molecule has 0 unspecified atom stereocenters. The van der Waals surface area contributed by atoms with Crippen molar-refractivity contribution in [3.8, 4) is 0 Å². The van der Waals surface area contributed by atoms with Gasteiger partial charge in [0, 0.05) is 0 Å². The Morgan fingerprint density at radius 3 is 1.94 bits per heavy atom. The highest BCUT2D eigenvalue weighted by molar-refractivity contribution is 5.80. The molecule has 0 aliphatic carbocycles. The van der Waals surface area contributed by atoms with E-state index in [0.29, 0.717) is 25.7 Å². The van der Waals surface area contributed by atoms with Gasteiger partial charge in [0.15, 0.2) is 0 Å². The van der Waals surface area contributed by atoms with Crippen molar-refractivity contribution in [1.29, 1.82) is 0 Å². The molecular weight excluding hydrogens is 247 g/mol. The van der Waals surface area contributed by atoms with E-state index in [4.69, 9.17) is 4.74 Å². The van der Waals surface area contributed by atoms with Crippen molar-refractivity contribution in [1.82, 2.24) is 5.32 Å². The van der Waals surface area contributed by atoms with Crippen LogP contribution in [0, 0.1) is 0 Å². The largest absolute Gasteiger partial charge is 0.465 e. The van der Waals surface area contributed by atoms with Crippen LogP contribution in [0.15, 0.2) is 0 Å². The van der Waals surface area contributed by atoms with Crippen LogP contribution in [-0.4, -0.2) is 30.8 Å². The molecule has 0 aromatic carbocycles. The van der Waals surface area contributed by atoms with Crippen LogP contribution < -0.4 is 5.32 Å². The van der Waals surface area contributed by atoms with Gasteiger partial charge in [-0.1, -0.05) is 26.7 Å². The van der Waals surface area contributed by atoms with Crippen molar-refractivity contribution >= 4 is 5.97 Å². The molecule has 0 aromatic heterocycles. The van der Waals surface area contributed by atoms with E-state index < -0.39 is 24.2 Å². The molecule has 0 radical (unpaired) electrons. The second-order valence-corrected chi connectivity index (χ2v) is 4.27. The molecule has 108 valence electrons. The normalized spacial score (nSPS) is 12.6. The molecule has 18 heavy (non-hydrogen) atoms. The number of alkyl halides is 3. The lowest BCUT2D eigenvalue weighted by Crippen LogP contribution is -2.55. The highest BCUT2D eigenvalue weighted by Gasteiger charge is 2.41. The van der Waals surface area contributed by atoms with Crippen LogP contribution >= 0.6 is 0 Å². The van der Waals surface area contributed by atoms with Gasteiger partial charge in [-0.15, -0.1) is 0 Å². The highest BCUT2D eigenvalue weighted by atomic mass is 19.4. The zero-order valence-electron chi connectivity index (χ0n) is 11.2. The van der Waals surface area contributed by atoms with Crippen molar-refractivity contribution in [3.63, 3.8) is 0 Å². The summed E-state index contributed by atoms with van der Waals surface area (Å²) in [5, 5.41) is 2.36. The molecule has 6 heteroatoms. The molecule has 0 spiro atoms. The third-order valence-corrected chi connectivity index (χ3v) is 2.65. The van der Waals surface area contributed by atoms with Crippen LogP contribution in [0.2, 0.25) is 0 Å². The topological polar surface area (TPSA) is 38.3 Å². The van der Waals surface area contributed by atoms with Crippen molar-refractivity contribution in [2.24, 2.45) is 0 Å². The summed E-state index contributed by atoms with van der Waals surface area (Å²) in [5.74, 6) is -0.585. The van der Waals surface area contributed by atoms with E-state index in [9.17, 15) is 18.0 Å². The lowest BCUT2D eigenvalue weighted by Gasteiger charge is -2.32. The van der Waals surface area contributed by atoms with Gasteiger partial charge in [-0.3, -0.25) is 10.1 Å². The Hall–Kier alpha value is -0.780. The Morgan fingerprint density at radius 2 is 1.61 bits per heavy atom. The third kappa shape index (κ3) is 5.71. The fourth-order valence-corrected chi connectivity index (χ4v) is 1.97. The first-order valence-electron chi connectivity index (χ1n) is 6.30. The second-order valence-electron chi connectivity index (χ2n) is 4.27. The van der Waals surface area contributed by atoms with Crippen molar-refractivity contribution < 1.29 is 22.7 Å². The van der Waals surface area contributed by atoms with Gasteiger partial charge in [-0.05, 0) is 19.8 Å². The van der Waals surface area contributed by atoms with Crippen LogP contribution in [-0.2, 0) is 9.53 Å².